The number of aliphatic hydroxyl groups excluding tert-OH is 1. The van der Waals surface area contributed by atoms with Crippen LogP contribution in [-0.2, 0) is 0 Å². The number of hydrogen-bond donors (Lipinski definition) is 3. The Kier molecular flexibility index (Phi) is 4.99. The maximum absolute atomic E-state index is 8.76. The van der Waals surface area contributed by atoms with Crippen molar-refractivity contribution in [3.8, 4) is 0 Å². The van der Waals surface area contributed by atoms with E-state index < -0.39 is 0 Å². The summed E-state index contributed by atoms with van der Waals surface area (Å²) in [5.41, 5.74) is 0. The SMILES string of the molecule is CC1NCCNC1CO.Cl. The van der Waals surface area contributed by atoms with Crippen LogP contribution in [0.1, 0.15) is 6.92 Å². The van der Waals surface area contributed by atoms with Gasteiger partial charge in [-0.3, -0.25) is 0 Å². The zero-order valence-corrected chi connectivity index (χ0v) is 6.95. The lowest BCUT2D eigenvalue weighted by Gasteiger charge is -2.29. The molecule has 3 N–H and O–H groups in total. The maximum Gasteiger partial charge on any atom is 0.0599 e. The van der Waals surface area contributed by atoms with E-state index in [0.29, 0.717) is 6.04 Å². The van der Waals surface area contributed by atoms with Crippen LogP contribution in [0.25, 0.3) is 0 Å². The molecule has 2 atom stereocenters. The van der Waals surface area contributed by atoms with E-state index >= 15 is 0 Å². The fourth-order valence-corrected chi connectivity index (χ4v) is 1.10. The summed E-state index contributed by atoms with van der Waals surface area (Å²) in [6.07, 6.45) is 0. The fourth-order valence-electron chi connectivity index (χ4n) is 1.10. The van der Waals surface area contributed by atoms with Crippen LogP contribution in [0.5, 0.6) is 0 Å². The molecule has 1 saturated heterocycles. The molecule has 0 amide bonds. The molecule has 0 aromatic heterocycles. The van der Waals surface area contributed by atoms with Gasteiger partial charge in [-0.2, -0.15) is 0 Å². The summed E-state index contributed by atoms with van der Waals surface area (Å²) in [4.78, 5) is 0. The van der Waals surface area contributed by atoms with Crippen LogP contribution in [0.4, 0.5) is 0 Å². The highest BCUT2D eigenvalue weighted by atomic mass is 35.5. The molecule has 0 radical (unpaired) electrons. The molecule has 1 aliphatic rings. The van der Waals surface area contributed by atoms with Crippen molar-refractivity contribution in [1.82, 2.24) is 10.6 Å². The van der Waals surface area contributed by atoms with E-state index in [-0.39, 0.29) is 25.1 Å². The fraction of sp³-hybridized carbons (Fsp3) is 1.00. The molecular weight excluding hydrogens is 152 g/mol. The number of rotatable bonds is 1. The molecule has 1 fully saturated rings. The average Bonchev–Trinajstić information content (AvgIpc) is 1.89. The first-order chi connectivity index (χ1) is 4.34. The first kappa shape index (κ1) is 10.2. The van der Waals surface area contributed by atoms with Gasteiger partial charge in [0, 0.05) is 25.2 Å². The Morgan fingerprint density at radius 1 is 1.40 bits per heavy atom. The Morgan fingerprint density at radius 3 is 2.40 bits per heavy atom. The van der Waals surface area contributed by atoms with Gasteiger partial charge >= 0.3 is 0 Å². The monoisotopic (exact) mass is 166 g/mol. The van der Waals surface area contributed by atoms with E-state index in [2.05, 4.69) is 17.6 Å². The van der Waals surface area contributed by atoms with E-state index in [0.717, 1.165) is 13.1 Å². The van der Waals surface area contributed by atoms with Gasteiger partial charge in [-0.25, -0.2) is 0 Å². The molecule has 0 aromatic rings. The van der Waals surface area contributed by atoms with E-state index in [9.17, 15) is 0 Å². The second kappa shape index (κ2) is 4.91. The van der Waals surface area contributed by atoms with Crippen LogP contribution in [-0.4, -0.2) is 36.9 Å². The molecule has 0 spiro atoms. The largest absolute Gasteiger partial charge is 0.395 e. The van der Waals surface area contributed by atoms with Crippen molar-refractivity contribution in [3.63, 3.8) is 0 Å². The molecule has 3 nitrogen and oxygen atoms in total. The van der Waals surface area contributed by atoms with Crippen molar-refractivity contribution in [2.24, 2.45) is 0 Å². The van der Waals surface area contributed by atoms with Crippen molar-refractivity contribution >= 4 is 12.4 Å². The molecule has 2 unspecified atom stereocenters. The normalized spacial score (nSPS) is 33.0. The molecule has 4 heteroatoms. The highest BCUT2D eigenvalue weighted by Crippen LogP contribution is 1.94. The third kappa shape index (κ3) is 2.42. The van der Waals surface area contributed by atoms with Crippen LogP contribution >= 0.6 is 12.4 Å². The minimum atomic E-state index is 0. The second-order valence-corrected chi connectivity index (χ2v) is 2.49. The minimum absolute atomic E-state index is 0. The van der Waals surface area contributed by atoms with Crippen molar-refractivity contribution in [2.75, 3.05) is 19.7 Å². The summed E-state index contributed by atoms with van der Waals surface area (Å²) in [5, 5.41) is 15.2. The highest BCUT2D eigenvalue weighted by Gasteiger charge is 2.17. The summed E-state index contributed by atoms with van der Waals surface area (Å²) in [7, 11) is 0. The van der Waals surface area contributed by atoms with Crippen LogP contribution in [0, 0.1) is 0 Å². The Balaban J connectivity index is 0.000000810. The first-order valence-electron chi connectivity index (χ1n) is 3.42. The standard InChI is InChI=1S/C6H14N2O.ClH/c1-5-6(4-9)8-3-2-7-5;/h5-9H,2-4H2,1H3;1H. The van der Waals surface area contributed by atoms with Crippen molar-refractivity contribution in [1.29, 1.82) is 0 Å². The summed E-state index contributed by atoms with van der Waals surface area (Å²) in [6.45, 7) is 4.29. The van der Waals surface area contributed by atoms with Gasteiger partial charge in [0.2, 0.25) is 0 Å². The second-order valence-electron chi connectivity index (χ2n) is 2.49. The Bertz CT molecular complexity index is 91.8. The lowest BCUT2D eigenvalue weighted by atomic mass is 10.1. The van der Waals surface area contributed by atoms with Gasteiger partial charge in [0.25, 0.3) is 0 Å². The van der Waals surface area contributed by atoms with E-state index in [4.69, 9.17) is 5.11 Å². The van der Waals surface area contributed by atoms with Crippen molar-refractivity contribution in [3.05, 3.63) is 0 Å². The van der Waals surface area contributed by atoms with Gasteiger partial charge in [0.05, 0.1) is 6.61 Å². The molecule has 1 heterocycles. The lowest BCUT2D eigenvalue weighted by Crippen LogP contribution is -2.56. The summed E-state index contributed by atoms with van der Waals surface area (Å²) in [5.74, 6) is 0. The molecule has 1 rings (SSSR count). The predicted octanol–water partition coefficient (Wildman–Crippen LogP) is -0.650. The summed E-state index contributed by atoms with van der Waals surface area (Å²) in [6, 6.07) is 0.655. The third-order valence-corrected chi connectivity index (χ3v) is 1.80. The maximum atomic E-state index is 8.76. The number of piperazine rings is 1. The van der Waals surface area contributed by atoms with Gasteiger partial charge in [0.1, 0.15) is 0 Å². The Hall–Kier alpha value is 0.170. The van der Waals surface area contributed by atoms with Gasteiger partial charge < -0.3 is 15.7 Å². The third-order valence-electron chi connectivity index (χ3n) is 1.80. The molecular formula is C6H15ClN2O. The lowest BCUT2D eigenvalue weighted by molar-refractivity contribution is 0.199. The van der Waals surface area contributed by atoms with Gasteiger partial charge in [-0.05, 0) is 6.92 Å². The van der Waals surface area contributed by atoms with E-state index in [1.165, 1.54) is 0 Å². The van der Waals surface area contributed by atoms with Crippen LogP contribution in [0.3, 0.4) is 0 Å². The number of hydrogen-bond acceptors (Lipinski definition) is 3. The molecule has 0 saturated carbocycles. The zero-order chi connectivity index (χ0) is 6.69. The van der Waals surface area contributed by atoms with Crippen LogP contribution < -0.4 is 10.6 Å². The number of nitrogens with one attached hydrogen (secondary N) is 2. The van der Waals surface area contributed by atoms with Crippen molar-refractivity contribution < 1.29 is 5.11 Å². The number of aliphatic hydroxyl groups is 1. The van der Waals surface area contributed by atoms with Gasteiger partial charge in [-0.15, -0.1) is 12.4 Å². The molecule has 10 heavy (non-hydrogen) atoms. The molecule has 0 aromatic carbocycles. The van der Waals surface area contributed by atoms with Crippen molar-refractivity contribution in [2.45, 2.75) is 19.0 Å². The minimum Gasteiger partial charge on any atom is -0.395 e. The van der Waals surface area contributed by atoms with Crippen LogP contribution in [0.2, 0.25) is 0 Å². The molecule has 0 bridgehead atoms. The Labute approximate surface area is 67.6 Å². The van der Waals surface area contributed by atoms with E-state index in [1.54, 1.807) is 0 Å². The smallest absolute Gasteiger partial charge is 0.0599 e. The predicted molar refractivity (Wildman–Crippen MR) is 43.6 cm³/mol. The summed E-state index contributed by atoms with van der Waals surface area (Å²) < 4.78 is 0. The quantitative estimate of drug-likeness (QED) is 0.485. The summed E-state index contributed by atoms with van der Waals surface area (Å²) >= 11 is 0. The molecule has 1 aliphatic heterocycles. The van der Waals surface area contributed by atoms with E-state index in [1.807, 2.05) is 0 Å². The number of halogens is 1. The first-order valence-corrected chi connectivity index (χ1v) is 3.42. The Morgan fingerprint density at radius 2 is 2.00 bits per heavy atom. The highest BCUT2D eigenvalue weighted by molar-refractivity contribution is 5.85. The molecule has 62 valence electrons. The topological polar surface area (TPSA) is 44.3 Å². The molecule has 0 aliphatic carbocycles. The van der Waals surface area contributed by atoms with Gasteiger partial charge in [-0.1, -0.05) is 0 Å². The van der Waals surface area contributed by atoms with Crippen LogP contribution in [0.15, 0.2) is 0 Å². The zero-order valence-electron chi connectivity index (χ0n) is 6.13. The average molecular weight is 167 g/mol. The van der Waals surface area contributed by atoms with Gasteiger partial charge in [0.15, 0.2) is 0 Å².